The maximum Gasteiger partial charge on any atom is 0.320 e. The molecular weight excluding hydrogens is 173 g/mol. The molecule has 61 valence electrons. The summed E-state index contributed by atoms with van der Waals surface area (Å²) in [5.41, 5.74) is 5.22. The molecule has 0 aromatic heterocycles. The van der Waals surface area contributed by atoms with Crippen molar-refractivity contribution in [1.29, 1.82) is 0 Å². The zero-order valence-corrected chi connectivity index (χ0v) is 7.35. The van der Waals surface area contributed by atoms with E-state index in [0.717, 1.165) is 0 Å². The molecule has 0 heterocycles. The Kier molecular flexibility index (Phi) is 7.20. The van der Waals surface area contributed by atoms with Gasteiger partial charge in [0.15, 0.2) is 0 Å². The second kappa shape index (κ2) is 5.71. The first-order valence-electron chi connectivity index (χ1n) is 3.02. The molecule has 3 N–H and O–H groups in total. The van der Waals surface area contributed by atoms with Crippen LogP contribution in [-0.2, 0) is 21.9 Å². The predicted molar refractivity (Wildman–Crippen MR) is 35.1 cm³/mol. The number of carbonyl (C=O) groups is 1. The Morgan fingerprint density at radius 2 is 2.00 bits per heavy atom. The number of hydrogen-bond acceptors (Lipinski definition) is 2. The van der Waals surface area contributed by atoms with E-state index in [1.807, 2.05) is 13.8 Å². The van der Waals surface area contributed by atoms with E-state index in [0.29, 0.717) is 12.3 Å². The Balaban J connectivity index is 0. The topological polar surface area (TPSA) is 63.3 Å². The molecule has 0 bridgehead atoms. The largest absolute Gasteiger partial charge is 0.480 e. The summed E-state index contributed by atoms with van der Waals surface area (Å²) in [6, 6.07) is -0.690. The molecule has 1 radical (unpaired) electrons. The summed E-state index contributed by atoms with van der Waals surface area (Å²) in [5, 5.41) is 8.31. The Morgan fingerprint density at radius 1 is 1.60 bits per heavy atom. The Morgan fingerprint density at radius 3 is 2.10 bits per heavy atom. The van der Waals surface area contributed by atoms with E-state index in [1.54, 1.807) is 0 Å². The van der Waals surface area contributed by atoms with Gasteiger partial charge in [-0.25, -0.2) is 0 Å². The molecule has 0 aliphatic rings. The standard InChI is InChI=1S/C6H13NO2.Mn/c1-4(2)3-5(7)6(8)9;/h4-5H,3,7H2,1-2H3,(H,8,9);. The van der Waals surface area contributed by atoms with Gasteiger partial charge in [0, 0.05) is 17.1 Å². The fourth-order valence-corrected chi connectivity index (χ4v) is 0.609. The van der Waals surface area contributed by atoms with Crippen LogP contribution in [0, 0.1) is 5.92 Å². The van der Waals surface area contributed by atoms with Crippen molar-refractivity contribution in [1.82, 2.24) is 0 Å². The SMILES string of the molecule is CC(C)CC(N)C(=O)O.[Mn]. The van der Waals surface area contributed by atoms with Gasteiger partial charge in [0.2, 0.25) is 0 Å². The second-order valence-corrected chi connectivity index (χ2v) is 2.57. The smallest absolute Gasteiger partial charge is 0.320 e. The molecule has 4 heteroatoms. The van der Waals surface area contributed by atoms with E-state index in [1.165, 1.54) is 0 Å². The van der Waals surface area contributed by atoms with Gasteiger partial charge in [-0.05, 0) is 12.3 Å². The van der Waals surface area contributed by atoms with E-state index in [9.17, 15) is 4.79 Å². The minimum absolute atomic E-state index is 0. The molecule has 0 spiro atoms. The van der Waals surface area contributed by atoms with Crippen molar-refractivity contribution < 1.29 is 27.0 Å². The van der Waals surface area contributed by atoms with E-state index in [-0.39, 0.29) is 17.1 Å². The van der Waals surface area contributed by atoms with Crippen LogP contribution in [0.3, 0.4) is 0 Å². The number of rotatable bonds is 3. The van der Waals surface area contributed by atoms with Crippen LogP contribution >= 0.6 is 0 Å². The van der Waals surface area contributed by atoms with Crippen molar-refractivity contribution in [3.05, 3.63) is 0 Å². The molecule has 0 rings (SSSR count). The maximum absolute atomic E-state index is 10.1. The van der Waals surface area contributed by atoms with Crippen LogP contribution in [0.1, 0.15) is 20.3 Å². The first-order chi connectivity index (χ1) is 4.04. The summed E-state index contributed by atoms with van der Waals surface area (Å²) >= 11 is 0. The number of carboxylic acids is 1. The molecule has 3 nitrogen and oxygen atoms in total. The van der Waals surface area contributed by atoms with Crippen molar-refractivity contribution in [3.8, 4) is 0 Å². The number of nitrogens with two attached hydrogens (primary N) is 1. The zero-order valence-electron chi connectivity index (χ0n) is 6.17. The van der Waals surface area contributed by atoms with Crippen molar-refractivity contribution in [2.24, 2.45) is 11.7 Å². The van der Waals surface area contributed by atoms with Crippen LogP contribution in [0.2, 0.25) is 0 Å². The summed E-state index contributed by atoms with van der Waals surface area (Å²) in [7, 11) is 0. The van der Waals surface area contributed by atoms with Crippen LogP contribution in [-0.4, -0.2) is 17.1 Å². The summed E-state index contributed by atoms with van der Waals surface area (Å²) in [5.74, 6) is -0.556. The molecule has 1 atom stereocenters. The third kappa shape index (κ3) is 6.08. The monoisotopic (exact) mass is 186 g/mol. The van der Waals surface area contributed by atoms with Gasteiger partial charge in [-0.3, -0.25) is 4.79 Å². The van der Waals surface area contributed by atoms with E-state index in [4.69, 9.17) is 10.8 Å². The predicted octanol–water partition coefficient (Wildman–Crippen LogP) is 0.442. The van der Waals surface area contributed by atoms with Gasteiger partial charge in [0.05, 0.1) is 0 Å². The van der Waals surface area contributed by atoms with Gasteiger partial charge in [-0.1, -0.05) is 13.8 Å². The van der Waals surface area contributed by atoms with Crippen molar-refractivity contribution in [3.63, 3.8) is 0 Å². The van der Waals surface area contributed by atoms with Crippen LogP contribution in [0.5, 0.6) is 0 Å². The fourth-order valence-electron chi connectivity index (χ4n) is 0.609. The molecule has 0 aliphatic carbocycles. The average molecular weight is 186 g/mol. The van der Waals surface area contributed by atoms with E-state index in [2.05, 4.69) is 0 Å². The number of aliphatic carboxylic acids is 1. The molecule has 0 aliphatic heterocycles. The van der Waals surface area contributed by atoms with Crippen molar-refractivity contribution in [2.45, 2.75) is 26.3 Å². The van der Waals surface area contributed by atoms with Crippen LogP contribution in [0.25, 0.3) is 0 Å². The molecule has 10 heavy (non-hydrogen) atoms. The minimum Gasteiger partial charge on any atom is -0.480 e. The summed E-state index contributed by atoms with van der Waals surface area (Å²) in [4.78, 5) is 10.1. The summed E-state index contributed by atoms with van der Waals surface area (Å²) < 4.78 is 0. The summed E-state index contributed by atoms with van der Waals surface area (Å²) in [6.07, 6.45) is 0.551. The molecule has 0 amide bonds. The first-order valence-corrected chi connectivity index (χ1v) is 3.02. The fraction of sp³-hybridized carbons (Fsp3) is 0.833. The van der Waals surface area contributed by atoms with Crippen LogP contribution < -0.4 is 5.73 Å². The van der Waals surface area contributed by atoms with Crippen LogP contribution in [0.15, 0.2) is 0 Å². The molecule has 0 saturated heterocycles. The first kappa shape index (κ1) is 12.6. The van der Waals surface area contributed by atoms with Gasteiger partial charge < -0.3 is 10.8 Å². The quantitative estimate of drug-likeness (QED) is 0.628. The average Bonchev–Trinajstić information content (AvgIpc) is 1.63. The molecule has 0 aromatic carbocycles. The van der Waals surface area contributed by atoms with E-state index >= 15 is 0 Å². The normalized spacial score (nSPS) is 12.4. The van der Waals surface area contributed by atoms with Crippen LogP contribution in [0.4, 0.5) is 0 Å². The molecule has 0 fully saturated rings. The van der Waals surface area contributed by atoms with Crippen molar-refractivity contribution in [2.75, 3.05) is 0 Å². The Labute approximate surface area is 71.5 Å². The second-order valence-electron chi connectivity index (χ2n) is 2.57. The maximum atomic E-state index is 10.1. The third-order valence-electron chi connectivity index (χ3n) is 1.04. The molecular formula is C6H13MnNO2. The number of carboxylic acid groups (broad SMARTS) is 1. The molecule has 1 unspecified atom stereocenters. The third-order valence-corrected chi connectivity index (χ3v) is 1.04. The van der Waals surface area contributed by atoms with Gasteiger partial charge >= 0.3 is 5.97 Å². The Hall–Kier alpha value is -0.0505. The van der Waals surface area contributed by atoms with Crippen molar-refractivity contribution >= 4 is 5.97 Å². The molecule has 0 aromatic rings. The van der Waals surface area contributed by atoms with E-state index < -0.39 is 12.0 Å². The zero-order chi connectivity index (χ0) is 7.44. The van der Waals surface area contributed by atoms with Gasteiger partial charge in [0.25, 0.3) is 0 Å². The molecule has 0 saturated carbocycles. The summed E-state index contributed by atoms with van der Waals surface area (Å²) in [6.45, 7) is 3.89. The Bertz CT molecular complexity index is 106. The van der Waals surface area contributed by atoms with Gasteiger partial charge in [-0.2, -0.15) is 0 Å². The minimum atomic E-state index is -0.913. The van der Waals surface area contributed by atoms with Gasteiger partial charge in [0.1, 0.15) is 6.04 Å². The van der Waals surface area contributed by atoms with Gasteiger partial charge in [-0.15, -0.1) is 0 Å². The number of hydrogen-bond donors (Lipinski definition) is 2.